The lowest BCUT2D eigenvalue weighted by Gasteiger charge is -2.39. The zero-order valence-electron chi connectivity index (χ0n) is 15.4. The molecule has 0 aliphatic heterocycles. The van der Waals surface area contributed by atoms with E-state index in [2.05, 4.69) is 20.8 Å². The Morgan fingerprint density at radius 1 is 1.25 bits per heavy atom. The summed E-state index contributed by atoms with van der Waals surface area (Å²) in [7, 11) is 0. The second kappa shape index (κ2) is 8.55. The molecule has 24 heavy (non-hydrogen) atoms. The van der Waals surface area contributed by atoms with Gasteiger partial charge in [0.15, 0.2) is 0 Å². The molecule has 2 rings (SSSR count). The van der Waals surface area contributed by atoms with E-state index in [-0.39, 0.29) is 17.8 Å². The van der Waals surface area contributed by atoms with Gasteiger partial charge in [0.2, 0.25) is 0 Å². The summed E-state index contributed by atoms with van der Waals surface area (Å²) in [4.78, 5) is 12.3. The quantitative estimate of drug-likeness (QED) is 0.650. The van der Waals surface area contributed by atoms with Gasteiger partial charge in [0.05, 0.1) is 5.56 Å². The van der Waals surface area contributed by atoms with E-state index in [1.54, 1.807) is 12.1 Å². The molecule has 1 aliphatic rings. The van der Waals surface area contributed by atoms with Crippen LogP contribution in [-0.2, 0) is 4.74 Å². The van der Waals surface area contributed by atoms with Crippen LogP contribution >= 0.6 is 0 Å². The van der Waals surface area contributed by atoms with Crippen LogP contribution in [0.5, 0.6) is 5.75 Å². The molecule has 1 aromatic carbocycles. The highest BCUT2D eigenvalue weighted by Crippen LogP contribution is 2.43. The first-order valence-corrected chi connectivity index (χ1v) is 9.42. The summed E-state index contributed by atoms with van der Waals surface area (Å²) in [6.45, 7) is 6.90. The fraction of sp³-hybridized carbons (Fsp3) is 0.667. The van der Waals surface area contributed by atoms with Crippen molar-refractivity contribution in [3.05, 3.63) is 29.8 Å². The molecule has 3 heteroatoms. The first kappa shape index (κ1) is 18.8. The molecule has 3 nitrogen and oxygen atoms in total. The number of esters is 1. The molecular weight excluding hydrogens is 300 g/mol. The molecule has 1 N–H and O–H groups in total. The van der Waals surface area contributed by atoms with E-state index in [1.807, 2.05) is 0 Å². The summed E-state index contributed by atoms with van der Waals surface area (Å²) in [5, 5.41) is 9.33. The molecule has 1 aromatic rings. The lowest BCUT2D eigenvalue weighted by Crippen LogP contribution is -2.29. The summed E-state index contributed by atoms with van der Waals surface area (Å²) < 4.78 is 5.76. The molecule has 2 unspecified atom stereocenters. The first-order valence-electron chi connectivity index (χ1n) is 9.42. The number of ether oxygens (including phenoxy) is 1. The highest BCUT2D eigenvalue weighted by molar-refractivity contribution is 5.89. The zero-order chi connectivity index (χ0) is 17.6. The van der Waals surface area contributed by atoms with Gasteiger partial charge < -0.3 is 9.84 Å². The van der Waals surface area contributed by atoms with E-state index in [0.717, 1.165) is 31.6 Å². The molecule has 1 saturated carbocycles. The van der Waals surface area contributed by atoms with Crippen molar-refractivity contribution in [2.75, 3.05) is 0 Å². The van der Waals surface area contributed by atoms with E-state index < -0.39 is 0 Å². The Bertz CT molecular complexity index is 518. The lowest BCUT2D eigenvalue weighted by molar-refractivity contribution is 0.0207. The third-order valence-corrected chi connectivity index (χ3v) is 5.55. The van der Waals surface area contributed by atoms with Gasteiger partial charge in [0, 0.05) is 0 Å². The molecule has 1 fully saturated rings. The Kier molecular flexibility index (Phi) is 6.70. The molecule has 0 aromatic heterocycles. The topological polar surface area (TPSA) is 46.5 Å². The molecule has 0 saturated heterocycles. The second-order valence-corrected chi connectivity index (χ2v) is 7.87. The largest absolute Gasteiger partial charge is 0.508 e. The third-order valence-electron chi connectivity index (χ3n) is 5.55. The van der Waals surface area contributed by atoms with Crippen molar-refractivity contribution >= 4 is 5.97 Å². The number of benzene rings is 1. The van der Waals surface area contributed by atoms with Crippen LogP contribution < -0.4 is 0 Å². The van der Waals surface area contributed by atoms with Gasteiger partial charge in [-0.25, -0.2) is 4.79 Å². The number of carbonyl (C=O) groups excluding carboxylic acids is 1. The predicted octanol–water partition coefficient (Wildman–Crippen LogP) is 5.71. The van der Waals surface area contributed by atoms with Gasteiger partial charge >= 0.3 is 5.97 Å². The minimum atomic E-state index is -0.281. The van der Waals surface area contributed by atoms with Crippen LogP contribution in [0.2, 0.25) is 0 Å². The van der Waals surface area contributed by atoms with Crippen LogP contribution in [0.4, 0.5) is 0 Å². The normalized spacial score (nSPS) is 21.2. The van der Waals surface area contributed by atoms with Crippen molar-refractivity contribution in [3.8, 4) is 5.75 Å². The number of phenols is 1. The standard InChI is InChI=1S/C21H32O3/c1-4-7-19(14-11-17-8-5-6-15-21(17,2)3)24-20(23)16-9-12-18(22)13-10-16/h9-10,12-13,17,19,22H,4-8,11,14-15H2,1-3H3. The monoisotopic (exact) mass is 332 g/mol. The summed E-state index contributed by atoms with van der Waals surface area (Å²) in [5.74, 6) is 0.616. The highest BCUT2D eigenvalue weighted by atomic mass is 16.5. The van der Waals surface area contributed by atoms with Gasteiger partial charge in [0.25, 0.3) is 0 Å². The number of phenolic OH excluding ortho intramolecular Hbond substituents is 1. The highest BCUT2D eigenvalue weighted by Gasteiger charge is 2.32. The smallest absolute Gasteiger partial charge is 0.338 e. The maximum absolute atomic E-state index is 12.3. The molecule has 0 radical (unpaired) electrons. The summed E-state index contributed by atoms with van der Waals surface area (Å²) in [6, 6.07) is 6.28. The van der Waals surface area contributed by atoms with Crippen LogP contribution in [0.3, 0.4) is 0 Å². The van der Waals surface area contributed by atoms with E-state index in [4.69, 9.17) is 4.74 Å². The van der Waals surface area contributed by atoms with Gasteiger partial charge in [-0.1, -0.05) is 40.0 Å². The van der Waals surface area contributed by atoms with Gasteiger partial charge in [-0.2, -0.15) is 0 Å². The van der Waals surface area contributed by atoms with E-state index in [0.29, 0.717) is 11.0 Å². The molecule has 2 atom stereocenters. The summed E-state index contributed by atoms with van der Waals surface area (Å²) >= 11 is 0. The number of carbonyl (C=O) groups is 1. The Hall–Kier alpha value is -1.51. The van der Waals surface area contributed by atoms with Crippen LogP contribution in [0.15, 0.2) is 24.3 Å². The number of rotatable bonds is 7. The number of hydrogen-bond acceptors (Lipinski definition) is 3. The fourth-order valence-electron chi connectivity index (χ4n) is 3.89. The van der Waals surface area contributed by atoms with E-state index >= 15 is 0 Å². The summed E-state index contributed by atoms with van der Waals surface area (Å²) in [6.07, 6.45) is 9.30. The van der Waals surface area contributed by atoms with Crippen molar-refractivity contribution in [1.82, 2.24) is 0 Å². The van der Waals surface area contributed by atoms with Gasteiger partial charge in [-0.05, 0) is 67.7 Å². The van der Waals surface area contributed by atoms with Crippen LogP contribution in [0.25, 0.3) is 0 Å². The Balaban J connectivity index is 1.91. The first-order chi connectivity index (χ1) is 11.4. The molecular formula is C21H32O3. The van der Waals surface area contributed by atoms with Crippen LogP contribution in [0.1, 0.15) is 82.5 Å². The second-order valence-electron chi connectivity index (χ2n) is 7.87. The molecule has 134 valence electrons. The van der Waals surface area contributed by atoms with Crippen LogP contribution in [-0.4, -0.2) is 17.2 Å². The lowest BCUT2D eigenvalue weighted by atomic mass is 9.67. The number of aromatic hydroxyl groups is 1. The van der Waals surface area contributed by atoms with Crippen molar-refractivity contribution < 1.29 is 14.6 Å². The van der Waals surface area contributed by atoms with Crippen molar-refractivity contribution in [3.63, 3.8) is 0 Å². The van der Waals surface area contributed by atoms with Crippen LogP contribution in [0, 0.1) is 11.3 Å². The van der Waals surface area contributed by atoms with Crippen molar-refractivity contribution in [2.24, 2.45) is 11.3 Å². The molecule has 0 amide bonds. The van der Waals surface area contributed by atoms with Crippen molar-refractivity contribution in [1.29, 1.82) is 0 Å². The maximum Gasteiger partial charge on any atom is 0.338 e. The molecule has 0 heterocycles. The Labute approximate surface area is 146 Å². The average molecular weight is 332 g/mol. The predicted molar refractivity (Wildman–Crippen MR) is 97.2 cm³/mol. The SMILES string of the molecule is CCCC(CCC1CCCCC1(C)C)OC(=O)c1ccc(O)cc1. The van der Waals surface area contributed by atoms with E-state index in [1.165, 1.54) is 37.8 Å². The van der Waals surface area contributed by atoms with Gasteiger partial charge in [-0.15, -0.1) is 0 Å². The minimum absolute atomic E-state index is 0.00553. The Morgan fingerprint density at radius 2 is 1.96 bits per heavy atom. The summed E-state index contributed by atoms with van der Waals surface area (Å²) in [5.41, 5.74) is 0.919. The zero-order valence-corrected chi connectivity index (χ0v) is 15.4. The molecule has 0 bridgehead atoms. The van der Waals surface area contributed by atoms with Gasteiger partial charge in [-0.3, -0.25) is 0 Å². The van der Waals surface area contributed by atoms with E-state index in [9.17, 15) is 9.90 Å². The van der Waals surface area contributed by atoms with Crippen molar-refractivity contribution in [2.45, 2.75) is 78.2 Å². The number of hydrogen-bond donors (Lipinski definition) is 1. The maximum atomic E-state index is 12.3. The molecule has 0 spiro atoms. The minimum Gasteiger partial charge on any atom is -0.508 e. The fourth-order valence-corrected chi connectivity index (χ4v) is 3.89. The average Bonchev–Trinajstić information content (AvgIpc) is 2.54. The molecule has 1 aliphatic carbocycles. The third kappa shape index (κ3) is 5.25. The Morgan fingerprint density at radius 3 is 2.58 bits per heavy atom. The van der Waals surface area contributed by atoms with Gasteiger partial charge in [0.1, 0.15) is 11.9 Å².